The Labute approximate surface area is 250 Å². The minimum atomic E-state index is -1.32. The summed E-state index contributed by atoms with van der Waals surface area (Å²) in [6.07, 6.45) is 2.53. The molecule has 0 bridgehead atoms. The van der Waals surface area contributed by atoms with E-state index in [0.29, 0.717) is 71.0 Å². The van der Waals surface area contributed by atoms with Gasteiger partial charge in [-0.05, 0) is 23.3 Å². The molecule has 2 aromatic carbocycles. The first-order valence-electron chi connectivity index (χ1n) is 13.4. The van der Waals surface area contributed by atoms with Gasteiger partial charge in [-0.1, -0.05) is 11.6 Å². The first kappa shape index (κ1) is 31.1. The summed E-state index contributed by atoms with van der Waals surface area (Å²) in [5.74, 6) is 1.32. The quantitative estimate of drug-likeness (QED) is 0.164. The lowest BCUT2D eigenvalue weighted by Crippen LogP contribution is -2.57. The molecule has 0 amide bonds. The zero-order valence-corrected chi connectivity index (χ0v) is 25.5. The molecule has 0 saturated carbocycles. The molecular formula is C30H37ClNO10+. The van der Waals surface area contributed by atoms with Crippen molar-refractivity contribution in [3.05, 3.63) is 45.5 Å². The van der Waals surface area contributed by atoms with Gasteiger partial charge in [-0.15, -0.1) is 0 Å². The van der Waals surface area contributed by atoms with Crippen LogP contribution in [0.3, 0.4) is 0 Å². The van der Waals surface area contributed by atoms with E-state index in [-0.39, 0.29) is 12.6 Å². The maximum Gasteiger partial charge on any atom is 0.350 e. The summed E-state index contributed by atoms with van der Waals surface area (Å²) in [4.78, 5) is 23.1. The molecule has 2 heterocycles. The fourth-order valence-corrected chi connectivity index (χ4v) is 6.48. The fourth-order valence-electron chi connectivity index (χ4n) is 6.33. The third kappa shape index (κ3) is 5.63. The Morgan fingerprint density at radius 1 is 0.905 bits per heavy atom. The summed E-state index contributed by atoms with van der Waals surface area (Å²) in [5.41, 5.74) is 4.27. The highest BCUT2D eigenvalue weighted by Crippen LogP contribution is 2.55. The zero-order valence-electron chi connectivity index (χ0n) is 24.7. The molecule has 2 aliphatic heterocycles. The molecule has 12 heteroatoms. The number of rotatable bonds is 12. The van der Waals surface area contributed by atoms with E-state index in [2.05, 4.69) is 0 Å². The number of carboxylic acids is 1. The summed E-state index contributed by atoms with van der Waals surface area (Å²) in [5, 5.41) is 8.38. The Balaban J connectivity index is 1.79. The van der Waals surface area contributed by atoms with Crippen LogP contribution >= 0.6 is 11.6 Å². The molecule has 1 unspecified atom stereocenters. The zero-order chi connectivity index (χ0) is 30.6. The molecule has 0 aromatic heterocycles. The normalized spacial score (nSPS) is 19.0. The van der Waals surface area contributed by atoms with Crippen LogP contribution < -0.4 is 28.4 Å². The highest BCUT2D eigenvalue weighted by atomic mass is 35.5. The van der Waals surface area contributed by atoms with Crippen molar-refractivity contribution in [3.63, 3.8) is 0 Å². The number of fused-ring (bicyclic) bond motifs is 4. The molecule has 0 spiro atoms. The second-order valence-electron chi connectivity index (χ2n) is 10.1. The molecule has 4 rings (SSSR count). The van der Waals surface area contributed by atoms with Gasteiger partial charge in [-0.25, -0.2) is 9.59 Å². The number of carboxylic acid groups (broad SMARTS) is 1. The van der Waals surface area contributed by atoms with E-state index in [4.69, 9.17) is 49.9 Å². The van der Waals surface area contributed by atoms with Gasteiger partial charge in [0.25, 0.3) is 0 Å². The van der Waals surface area contributed by atoms with Gasteiger partial charge in [0.15, 0.2) is 23.0 Å². The van der Waals surface area contributed by atoms with Gasteiger partial charge >= 0.3 is 11.9 Å². The van der Waals surface area contributed by atoms with Crippen molar-refractivity contribution >= 4 is 23.5 Å². The molecule has 2 aromatic rings. The van der Waals surface area contributed by atoms with Crippen molar-refractivity contribution in [3.8, 4) is 34.5 Å². The van der Waals surface area contributed by atoms with Crippen LogP contribution in [0, 0.1) is 0 Å². The van der Waals surface area contributed by atoms with Crippen molar-refractivity contribution in [2.24, 2.45) is 0 Å². The number of quaternary nitrogens is 1. The van der Waals surface area contributed by atoms with Crippen LogP contribution in [0.5, 0.6) is 34.5 Å². The van der Waals surface area contributed by atoms with Crippen LogP contribution in [0.25, 0.3) is 0 Å². The summed E-state index contributed by atoms with van der Waals surface area (Å²) in [6, 6.07) is 3.99. The van der Waals surface area contributed by atoms with E-state index < -0.39 is 17.0 Å². The molecule has 228 valence electrons. The average Bonchev–Trinajstić information content (AvgIpc) is 2.99. The number of benzene rings is 2. The lowest BCUT2D eigenvalue weighted by atomic mass is 9.80. The van der Waals surface area contributed by atoms with E-state index >= 15 is 0 Å². The molecule has 11 nitrogen and oxygen atoms in total. The first-order valence-corrected chi connectivity index (χ1v) is 13.8. The maximum atomic E-state index is 12.2. The lowest BCUT2D eigenvalue weighted by Gasteiger charge is -2.52. The van der Waals surface area contributed by atoms with Gasteiger partial charge in [0.1, 0.15) is 17.6 Å². The molecule has 0 fully saturated rings. The van der Waals surface area contributed by atoms with E-state index in [9.17, 15) is 9.59 Å². The Bertz CT molecular complexity index is 1390. The second-order valence-corrected chi connectivity index (χ2v) is 10.5. The number of halogens is 1. The van der Waals surface area contributed by atoms with Gasteiger partial charge < -0.3 is 42.7 Å². The average molecular weight is 607 g/mol. The Kier molecular flexibility index (Phi) is 9.63. The number of hydrogen-bond acceptors (Lipinski definition) is 9. The van der Waals surface area contributed by atoms with Gasteiger partial charge in [-0.2, -0.15) is 0 Å². The van der Waals surface area contributed by atoms with E-state index in [1.807, 2.05) is 12.1 Å². The number of carbonyl (C=O) groups excluding carboxylic acids is 1. The van der Waals surface area contributed by atoms with E-state index in [1.165, 1.54) is 0 Å². The SMILES string of the molecule is COc1cc2c(c(OC)c1OC)C[N+]1(CCCOC(=O)/C(Cl)=C/C(=O)O)CCc3cc(OC)c(OC)c(OC)c3[C@H]1C2. The van der Waals surface area contributed by atoms with Crippen LogP contribution in [0.2, 0.25) is 0 Å². The summed E-state index contributed by atoms with van der Waals surface area (Å²) >= 11 is 5.78. The number of aliphatic carboxylic acids is 1. The van der Waals surface area contributed by atoms with Crippen molar-refractivity contribution in [1.82, 2.24) is 0 Å². The minimum absolute atomic E-state index is 0.0370. The standard InChI is InChI=1S/C30H36ClNO10/c1-36-22-13-17-8-10-32(9-7-11-42-30(35)20(31)15-24(33)34)16-19-18(14-23(37-2)27(39-4)26(19)38-3)12-21(32)25(17)29(41-6)28(22)40-5/h13-15,21H,7-12,16H2,1-6H3/p+1/b20-15-/t21-,32?/m1/s1. The molecule has 0 aliphatic carbocycles. The van der Waals surface area contributed by atoms with E-state index in [0.717, 1.165) is 35.2 Å². The van der Waals surface area contributed by atoms with Gasteiger partial charge in [0, 0.05) is 25.3 Å². The number of esters is 1. The fraction of sp³-hybridized carbons (Fsp3) is 0.467. The predicted molar refractivity (Wildman–Crippen MR) is 153 cm³/mol. The van der Waals surface area contributed by atoms with Crippen LogP contribution in [-0.4, -0.2) is 83.9 Å². The number of ether oxygens (including phenoxy) is 7. The molecule has 0 radical (unpaired) electrons. The highest BCUT2D eigenvalue weighted by molar-refractivity contribution is 6.42. The van der Waals surface area contributed by atoms with Gasteiger partial charge in [0.05, 0.1) is 73.5 Å². The number of methoxy groups -OCH3 is 6. The van der Waals surface area contributed by atoms with Crippen LogP contribution in [0.4, 0.5) is 0 Å². The third-order valence-electron chi connectivity index (χ3n) is 8.11. The second kappa shape index (κ2) is 13.0. The van der Waals surface area contributed by atoms with E-state index in [1.54, 1.807) is 42.7 Å². The smallest absolute Gasteiger partial charge is 0.350 e. The predicted octanol–water partition coefficient (Wildman–Crippen LogP) is 4.05. The first-order chi connectivity index (χ1) is 20.2. The number of hydrogen-bond donors (Lipinski definition) is 1. The molecule has 0 saturated heterocycles. The number of carbonyl (C=O) groups is 2. The Morgan fingerprint density at radius 2 is 1.50 bits per heavy atom. The van der Waals surface area contributed by atoms with Crippen molar-refractivity contribution in [2.75, 3.05) is 62.4 Å². The summed E-state index contributed by atoms with van der Waals surface area (Å²) in [6.45, 7) is 2.13. The van der Waals surface area contributed by atoms with Crippen LogP contribution in [0.15, 0.2) is 23.2 Å². The third-order valence-corrected chi connectivity index (χ3v) is 8.38. The maximum absolute atomic E-state index is 12.2. The monoisotopic (exact) mass is 606 g/mol. The molecule has 42 heavy (non-hydrogen) atoms. The lowest BCUT2D eigenvalue weighted by molar-refractivity contribution is -0.973. The molecule has 1 N–H and O–H groups in total. The largest absolute Gasteiger partial charge is 0.493 e. The molecule has 2 aliphatic rings. The number of nitrogens with zero attached hydrogens (tertiary/aromatic N) is 1. The Hall–Kier alpha value is -3.83. The topological polar surface area (TPSA) is 119 Å². The van der Waals surface area contributed by atoms with Gasteiger partial charge in [-0.3, -0.25) is 0 Å². The molecular weight excluding hydrogens is 570 g/mol. The van der Waals surface area contributed by atoms with Crippen molar-refractivity contribution < 1.29 is 52.3 Å². The van der Waals surface area contributed by atoms with Crippen LogP contribution in [-0.2, 0) is 33.7 Å². The highest BCUT2D eigenvalue weighted by Gasteiger charge is 2.49. The minimum Gasteiger partial charge on any atom is -0.493 e. The Morgan fingerprint density at radius 3 is 2.07 bits per heavy atom. The summed E-state index contributed by atoms with van der Waals surface area (Å²) in [7, 11) is 9.63. The summed E-state index contributed by atoms with van der Waals surface area (Å²) < 4.78 is 40.5. The van der Waals surface area contributed by atoms with Gasteiger partial charge in [0.2, 0.25) is 11.5 Å². The molecule has 2 atom stereocenters. The van der Waals surface area contributed by atoms with Crippen LogP contribution in [0.1, 0.15) is 34.7 Å². The van der Waals surface area contributed by atoms with Crippen molar-refractivity contribution in [1.29, 1.82) is 0 Å². The van der Waals surface area contributed by atoms with Crippen molar-refractivity contribution in [2.45, 2.75) is 31.8 Å².